The van der Waals surface area contributed by atoms with Gasteiger partial charge in [-0.3, -0.25) is 5.32 Å². The van der Waals surface area contributed by atoms with Gasteiger partial charge in [0.15, 0.2) is 0 Å². The molecular weight excluding hydrogens is 270 g/mol. The van der Waals surface area contributed by atoms with E-state index in [2.05, 4.69) is 5.32 Å². The number of benzene rings is 1. The molecule has 5 heteroatoms. The maximum absolute atomic E-state index is 11.6. The normalized spacial score (nSPS) is 11.9. The fourth-order valence-corrected chi connectivity index (χ4v) is 2.39. The molecule has 1 atom stereocenters. The van der Waals surface area contributed by atoms with Gasteiger partial charge in [0.25, 0.3) is 0 Å². The fraction of sp³-hybridized carbons (Fsp3) is 0.154. The standard InChI is InChI=1S/C13H12ClNO2S/c1-9(11-4-2-3-5-12(11)14)17-13(16)15-10-6-7-18-8-10/h2-9H,1H3,(H,15,16). The zero-order chi connectivity index (χ0) is 13.0. The molecule has 0 radical (unpaired) electrons. The van der Waals surface area contributed by atoms with E-state index in [-0.39, 0.29) is 0 Å². The van der Waals surface area contributed by atoms with Crippen molar-refractivity contribution in [2.45, 2.75) is 13.0 Å². The van der Waals surface area contributed by atoms with Crippen molar-refractivity contribution in [3.05, 3.63) is 51.7 Å². The third-order valence-corrected chi connectivity index (χ3v) is 3.42. The lowest BCUT2D eigenvalue weighted by Gasteiger charge is -2.14. The van der Waals surface area contributed by atoms with Gasteiger partial charge in [0, 0.05) is 16.0 Å². The highest BCUT2D eigenvalue weighted by atomic mass is 35.5. The molecule has 18 heavy (non-hydrogen) atoms. The van der Waals surface area contributed by atoms with E-state index in [1.54, 1.807) is 13.0 Å². The Bertz CT molecular complexity index is 528. The van der Waals surface area contributed by atoms with E-state index in [1.165, 1.54) is 11.3 Å². The summed E-state index contributed by atoms with van der Waals surface area (Å²) in [7, 11) is 0. The number of hydrogen-bond donors (Lipinski definition) is 1. The molecule has 1 aromatic carbocycles. The summed E-state index contributed by atoms with van der Waals surface area (Å²) >= 11 is 7.54. The number of thiophene rings is 1. The lowest BCUT2D eigenvalue weighted by atomic mass is 10.1. The highest BCUT2D eigenvalue weighted by Gasteiger charge is 2.14. The van der Waals surface area contributed by atoms with E-state index >= 15 is 0 Å². The number of nitrogens with one attached hydrogen (secondary N) is 1. The van der Waals surface area contributed by atoms with Gasteiger partial charge in [-0.25, -0.2) is 4.79 Å². The molecule has 1 N–H and O–H groups in total. The van der Waals surface area contributed by atoms with Crippen LogP contribution in [0.5, 0.6) is 0 Å². The Morgan fingerprint density at radius 1 is 1.39 bits per heavy atom. The van der Waals surface area contributed by atoms with Gasteiger partial charge in [0.2, 0.25) is 0 Å². The highest BCUT2D eigenvalue weighted by Crippen LogP contribution is 2.25. The summed E-state index contributed by atoms with van der Waals surface area (Å²) in [6.07, 6.45) is -0.877. The van der Waals surface area contributed by atoms with E-state index < -0.39 is 12.2 Å². The first-order chi connectivity index (χ1) is 8.66. The predicted octanol–water partition coefficient (Wildman–Crippen LogP) is 4.71. The fourth-order valence-electron chi connectivity index (χ4n) is 1.51. The Kier molecular flexibility index (Phi) is 4.23. The molecule has 0 saturated heterocycles. The first kappa shape index (κ1) is 12.9. The summed E-state index contributed by atoms with van der Waals surface area (Å²) in [5.74, 6) is 0. The quantitative estimate of drug-likeness (QED) is 0.885. The second-order valence-electron chi connectivity index (χ2n) is 3.71. The summed E-state index contributed by atoms with van der Waals surface area (Å²) in [5.41, 5.74) is 1.52. The summed E-state index contributed by atoms with van der Waals surface area (Å²) < 4.78 is 5.26. The summed E-state index contributed by atoms with van der Waals surface area (Å²) in [6, 6.07) is 9.12. The summed E-state index contributed by atoms with van der Waals surface area (Å²) in [5, 5.41) is 6.96. The average Bonchev–Trinajstić information content (AvgIpc) is 2.82. The maximum atomic E-state index is 11.6. The van der Waals surface area contributed by atoms with Crippen molar-refractivity contribution in [1.82, 2.24) is 0 Å². The van der Waals surface area contributed by atoms with Crippen molar-refractivity contribution in [2.24, 2.45) is 0 Å². The van der Waals surface area contributed by atoms with Crippen LogP contribution < -0.4 is 5.32 Å². The van der Waals surface area contributed by atoms with Crippen LogP contribution in [0.1, 0.15) is 18.6 Å². The molecule has 0 aliphatic rings. The van der Waals surface area contributed by atoms with Gasteiger partial charge >= 0.3 is 6.09 Å². The molecular formula is C13H12ClNO2S. The number of anilines is 1. The minimum Gasteiger partial charge on any atom is -0.441 e. The van der Waals surface area contributed by atoms with Gasteiger partial charge in [0.1, 0.15) is 6.10 Å². The Balaban J connectivity index is 1.97. The van der Waals surface area contributed by atoms with Crippen molar-refractivity contribution >= 4 is 34.7 Å². The van der Waals surface area contributed by atoms with Crippen LogP contribution in [-0.4, -0.2) is 6.09 Å². The van der Waals surface area contributed by atoms with Crippen LogP contribution in [0.4, 0.5) is 10.5 Å². The Labute approximate surface area is 114 Å². The van der Waals surface area contributed by atoms with E-state index in [4.69, 9.17) is 16.3 Å². The first-order valence-electron chi connectivity index (χ1n) is 5.41. The van der Waals surface area contributed by atoms with Crippen LogP contribution in [0.3, 0.4) is 0 Å². The second kappa shape index (κ2) is 5.89. The van der Waals surface area contributed by atoms with Crippen LogP contribution in [-0.2, 0) is 4.74 Å². The Morgan fingerprint density at radius 3 is 2.83 bits per heavy atom. The van der Waals surface area contributed by atoms with Crippen LogP contribution in [0.2, 0.25) is 5.02 Å². The number of carbonyl (C=O) groups is 1. The number of ether oxygens (including phenoxy) is 1. The molecule has 0 bridgehead atoms. The van der Waals surface area contributed by atoms with Crippen molar-refractivity contribution in [3.63, 3.8) is 0 Å². The second-order valence-corrected chi connectivity index (χ2v) is 4.89. The SMILES string of the molecule is CC(OC(=O)Nc1ccsc1)c1ccccc1Cl. The Morgan fingerprint density at radius 2 is 2.17 bits per heavy atom. The van der Waals surface area contributed by atoms with Crippen molar-refractivity contribution < 1.29 is 9.53 Å². The molecule has 2 rings (SSSR count). The molecule has 0 fully saturated rings. The van der Waals surface area contributed by atoms with Crippen LogP contribution in [0.25, 0.3) is 0 Å². The Hall–Kier alpha value is -1.52. The van der Waals surface area contributed by atoms with Crippen molar-refractivity contribution in [3.8, 4) is 0 Å². The monoisotopic (exact) mass is 281 g/mol. The molecule has 0 aliphatic carbocycles. The van der Waals surface area contributed by atoms with E-state index in [0.29, 0.717) is 5.02 Å². The zero-order valence-corrected chi connectivity index (χ0v) is 11.3. The van der Waals surface area contributed by atoms with Crippen LogP contribution >= 0.6 is 22.9 Å². The van der Waals surface area contributed by atoms with Crippen LogP contribution in [0.15, 0.2) is 41.1 Å². The molecule has 0 aliphatic heterocycles. The highest BCUT2D eigenvalue weighted by molar-refractivity contribution is 7.08. The van der Waals surface area contributed by atoms with Gasteiger partial charge in [-0.1, -0.05) is 29.8 Å². The van der Waals surface area contributed by atoms with Gasteiger partial charge in [0.05, 0.1) is 5.69 Å². The summed E-state index contributed by atoms with van der Waals surface area (Å²) in [6.45, 7) is 1.79. The average molecular weight is 282 g/mol. The topological polar surface area (TPSA) is 38.3 Å². The van der Waals surface area contributed by atoms with E-state index in [1.807, 2.05) is 35.0 Å². The molecule has 2 aromatic rings. The molecule has 1 amide bonds. The number of hydrogen-bond acceptors (Lipinski definition) is 3. The number of carbonyl (C=O) groups excluding carboxylic acids is 1. The summed E-state index contributed by atoms with van der Waals surface area (Å²) in [4.78, 5) is 11.6. The molecule has 1 aromatic heterocycles. The molecule has 0 spiro atoms. The van der Waals surface area contributed by atoms with Crippen molar-refractivity contribution in [1.29, 1.82) is 0 Å². The number of amides is 1. The molecule has 3 nitrogen and oxygen atoms in total. The number of halogens is 1. The molecule has 0 saturated carbocycles. The molecule has 1 heterocycles. The zero-order valence-electron chi connectivity index (χ0n) is 9.72. The first-order valence-corrected chi connectivity index (χ1v) is 6.73. The molecule has 94 valence electrons. The van der Waals surface area contributed by atoms with Gasteiger partial charge in [-0.2, -0.15) is 11.3 Å². The smallest absolute Gasteiger partial charge is 0.412 e. The third-order valence-electron chi connectivity index (χ3n) is 2.39. The lowest BCUT2D eigenvalue weighted by molar-refractivity contribution is 0.121. The third kappa shape index (κ3) is 3.24. The lowest BCUT2D eigenvalue weighted by Crippen LogP contribution is -2.15. The minimum absolute atomic E-state index is 0.391. The van der Waals surface area contributed by atoms with E-state index in [0.717, 1.165) is 11.3 Å². The van der Waals surface area contributed by atoms with Gasteiger partial charge in [-0.05, 0) is 24.4 Å². The van der Waals surface area contributed by atoms with E-state index in [9.17, 15) is 4.79 Å². The largest absolute Gasteiger partial charge is 0.441 e. The van der Waals surface area contributed by atoms with Gasteiger partial charge in [-0.15, -0.1) is 0 Å². The predicted molar refractivity (Wildman–Crippen MR) is 74.3 cm³/mol. The molecule has 1 unspecified atom stereocenters. The van der Waals surface area contributed by atoms with Crippen LogP contribution in [0, 0.1) is 0 Å². The van der Waals surface area contributed by atoms with Gasteiger partial charge < -0.3 is 4.74 Å². The minimum atomic E-state index is -0.485. The van der Waals surface area contributed by atoms with Crippen molar-refractivity contribution in [2.75, 3.05) is 5.32 Å². The number of rotatable bonds is 3. The maximum Gasteiger partial charge on any atom is 0.412 e.